The topological polar surface area (TPSA) is 145 Å². The molecule has 6 N–H and O–H groups in total. The number of nitrogens with two attached hydrogens (primary N) is 2. The largest absolute Gasteiger partial charge is 0.466 e. The molecule has 0 atom stereocenters. The molecular formula is C9H10N6O3. The van der Waals surface area contributed by atoms with Gasteiger partial charge in [-0.1, -0.05) is 0 Å². The second-order valence-corrected chi connectivity index (χ2v) is 3.35. The number of aromatic nitrogens is 2. The standard InChI is InChI=1S/C9H10N6O3/c1-18-4(16)2-3-8(17)14-7-5(12-3)6(10)13-9(11)15-7/h2,12H,1H3,(H5,10,11,13,14,15,17)/b3-2-. The van der Waals surface area contributed by atoms with Gasteiger partial charge in [-0.05, 0) is 0 Å². The number of nitrogens with zero attached hydrogens (tertiary/aromatic N) is 2. The monoisotopic (exact) mass is 250 g/mol. The fourth-order valence-corrected chi connectivity index (χ4v) is 1.35. The fraction of sp³-hybridized carbons (Fsp3) is 0.111. The lowest BCUT2D eigenvalue weighted by Gasteiger charge is -2.20. The molecule has 0 radical (unpaired) electrons. The Hall–Kier alpha value is -2.84. The zero-order valence-electron chi connectivity index (χ0n) is 9.35. The minimum Gasteiger partial charge on any atom is -0.466 e. The zero-order chi connectivity index (χ0) is 13.3. The minimum atomic E-state index is -0.675. The summed E-state index contributed by atoms with van der Waals surface area (Å²) in [6, 6.07) is 0. The molecule has 1 aromatic rings. The molecule has 2 rings (SSSR count). The SMILES string of the molecule is COC(=O)/C=C1\Nc2c(N)nc(N)nc2NC1=O. The molecule has 1 amide bonds. The van der Waals surface area contributed by atoms with Gasteiger partial charge >= 0.3 is 5.97 Å². The first-order chi connectivity index (χ1) is 8.51. The number of anilines is 4. The number of amides is 1. The summed E-state index contributed by atoms with van der Waals surface area (Å²) < 4.78 is 4.42. The van der Waals surface area contributed by atoms with Gasteiger partial charge in [0.2, 0.25) is 5.95 Å². The average Bonchev–Trinajstić information content (AvgIpc) is 2.30. The Labute approximate surface area is 101 Å². The van der Waals surface area contributed by atoms with Gasteiger partial charge in [0, 0.05) is 0 Å². The number of rotatable bonds is 1. The van der Waals surface area contributed by atoms with Gasteiger partial charge in [0.05, 0.1) is 13.2 Å². The van der Waals surface area contributed by atoms with Crippen molar-refractivity contribution in [2.75, 3.05) is 29.2 Å². The Morgan fingerprint density at radius 1 is 1.33 bits per heavy atom. The van der Waals surface area contributed by atoms with Crippen molar-refractivity contribution in [1.29, 1.82) is 0 Å². The molecule has 2 heterocycles. The molecule has 0 unspecified atom stereocenters. The summed E-state index contributed by atoms with van der Waals surface area (Å²) in [6.45, 7) is 0. The van der Waals surface area contributed by atoms with Crippen LogP contribution in [0.3, 0.4) is 0 Å². The number of hydrogen-bond donors (Lipinski definition) is 4. The van der Waals surface area contributed by atoms with Crippen LogP contribution in [0.5, 0.6) is 0 Å². The van der Waals surface area contributed by atoms with Crippen molar-refractivity contribution < 1.29 is 14.3 Å². The van der Waals surface area contributed by atoms with Crippen molar-refractivity contribution in [2.24, 2.45) is 0 Å². The molecule has 94 valence electrons. The molecule has 0 aliphatic carbocycles. The highest BCUT2D eigenvalue weighted by Crippen LogP contribution is 2.30. The van der Waals surface area contributed by atoms with Crippen LogP contribution in [0.2, 0.25) is 0 Å². The summed E-state index contributed by atoms with van der Waals surface area (Å²) in [4.78, 5) is 30.3. The first kappa shape index (κ1) is 11.6. The van der Waals surface area contributed by atoms with E-state index in [9.17, 15) is 9.59 Å². The number of hydrogen-bond acceptors (Lipinski definition) is 8. The van der Waals surface area contributed by atoms with E-state index in [0.29, 0.717) is 0 Å². The van der Waals surface area contributed by atoms with Gasteiger partial charge in [0.1, 0.15) is 11.4 Å². The predicted molar refractivity (Wildman–Crippen MR) is 63.2 cm³/mol. The van der Waals surface area contributed by atoms with E-state index in [-0.39, 0.29) is 29.0 Å². The van der Waals surface area contributed by atoms with Gasteiger partial charge in [-0.15, -0.1) is 0 Å². The first-order valence-corrected chi connectivity index (χ1v) is 4.82. The van der Waals surface area contributed by atoms with Crippen LogP contribution < -0.4 is 22.1 Å². The highest BCUT2D eigenvalue weighted by atomic mass is 16.5. The maximum Gasteiger partial charge on any atom is 0.332 e. The van der Waals surface area contributed by atoms with Crippen molar-refractivity contribution in [3.63, 3.8) is 0 Å². The number of nitrogen functional groups attached to an aromatic ring is 2. The molecule has 0 fully saturated rings. The summed E-state index contributed by atoms with van der Waals surface area (Å²) in [5.41, 5.74) is 11.3. The minimum absolute atomic E-state index is 0.0191. The molecule has 1 aromatic heterocycles. The van der Waals surface area contributed by atoms with E-state index < -0.39 is 11.9 Å². The molecule has 0 saturated heterocycles. The van der Waals surface area contributed by atoms with Crippen LogP contribution >= 0.6 is 0 Å². The van der Waals surface area contributed by atoms with Crippen molar-refractivity contribution in [3.8, 4) is 0 Å². The lowest BCUT2D eigenvalue weighted by atomic mass is 10.2. The van der Waals surface area contributed by atoms with Gasteiger partial charge in [-0.3, -0.25) is 4.79 Å². The number of fused-ring (bicyclic) bond motifs is 1. The number of nitrogens with one attached hydrogen (secondary N) is 2. The molecule has 1 aliphatic rings. The van der Waals surface area contributed by atoms with E-state index in [1.807, 2.05) is 0 Å². The molecule has 0 saturated carbocycles. The number of methoxy groups -OCH3 is 1. The van der Waals surface area contributed by atoms with Crippen LogP contribution in [0.25, 0.3) is 0 Å². The Morgan fingerprint density at radius 3 is 2.72 bits per heavy atom. The Kier molecular flexibility index (Phi) is 2.72. The van der Waals surface area contributed by atoms with Crippen LogP contribution in [-0.4, -0.2) is 29.0 Å². The molecule has 1 aliphatic heterocycles. The Balaban J connectivity index is 2.42. The second-order valence-electron chi connectivity index (χ2n) is 3.35. The third kappa shape index (κ3) is 2.00. The van der Waals surface area contributed by atoms with Gasteiger partial charge in [-0.25, -0.2) is 4.79 Å². The molecular weight excluding hydrogens is 240 g/mol. The van der Waals surface area contributed by atoms with Crippen molar-refractivity contribution in [1.82, 2.24) is 9.97 Å². The van der Waals surface area contributed by atoms with Crippen molar-refractivity contribution in [2.45, 2.75) is 0 Å². The van der Waals surface area contributed by atoms with E-state index in [0.717, 1.165) is 6.08 Å². The van der Waals surface area contributed by atoms with Crippen LogP contribution in [0.1, 0.15) is 0 Å². The number of carbonyl (C=O) groups is 2. The molecule has 0 aromatic carbocycles. The number of carbonyl (C=O) groups excluding carboxylic acids is 2. The maximum atomic E-state index is 11.6. The van der Waals surface area contributed by atoms with E-state index in [1.54, 1.807) is 0 Å². The summed E-state index contributed by atoms with van der Waals surface area (Å²) in [6.07, 6.45) is 0.994. The van der Waals surface area contributed by atoms with Crippen LogP contribution in [0.15, 0.2) is 11.8 Å². The van der Waals surface area contributed by atoms with Crippen LogP contribution in [0.4, 0.5) is 23.3 Å². The lowest BCUT2D eigenvalue weighted by Crippen LogP contribution is -2.28. The van der Waals surface area contributed by atoms with E-state index >= 15 is 0 Å². The van der Waals surface area contributed by atoms with Gasteiger partial charge in [0.15, 0.2) is 11.6 Å². The fourth-order valence-electron chi connectivity index (χ4n) is 1.35. The van der Waals surface area contributed by atoms with E-state index in [1.165, 1.54) is 7.11 Å². The van der Waals surface area contributed by atoms with E-state index in [2.05, 4.69) is 25.3 Å². The molecule has 18 heavy (non-hydrogen) atoms. The third-order valence-electron chi connectivity index (χ3n) is 2.15. The normalized spacial score (nSPS) is 15.6. The summed E-state index contributed by atoms with van der Waals surface area (Å²) in [5, 5.41) is 5.08. The quantitative estimate of drug-likeness (QED) is 0.369. The molecule has 0 spiro atoms. The lowest BCUT2D eigenvalue weighted by molar-refractivity contribution is -0.135. The van der Waals surface area contributed by atoms with Crippen molar-refractivity contribution >= 4 is 35.1 Å². The maximum absolute atomic E-state index is 11.6. The number of ether oxygens (including phenoxy) is 1. The first-order valence-electron chi connectivity index (χ1n) is 4.82. The third-order valence-corrected chi connectivity index (χ3v) is 2.15. The molecule has 0 bridgehead atoms. The number of esters is 1. The van der Waals surface area contributed by atoms with E-state index in [4.69, 9.17) is 11.5 Å². The highest BCUT2D eigenvalue weighted by molar-refractivity contribution is 6.13. The second kappa shape index (κ2) is 4.20. The van der Waals surface area contributed by atoms with Gasteiger partial charge < -0.3 is 26.8 Å². The highest BCUT2D eigenvalue weighted by Gasteiger charge is 2.24. The van der Waals surface area contributed by atoms with Crippen molar-refractivity contribution in [3.05, 3.63) is 11.8 Å². The zero-order valence-corrected chi connectivity index (χ0v) is 9.35. The van der Waals surface area contributed by atoms with Gasteiger partial charge in [0.25, 0.3) is 5.91 Å². The average molecular weight is 250 g/mol. The molecule has 9 nitrogen and oxygen atoms in total. The summed E-state index contributed by atoms with van der Waals surface area (Å²) in [7, 11) is 1.20. The summed E-state index contributed by atoms with van der Waals surface area (Å²) in [5.74, 6) is -1.06. The van der Waals surface area contributed by atoms with Crippen LogP contribution in [-0.2, 0) is 14.3 Å². The van der Waals surface area contributed by atoms with Gasteiger partial charge in [-0.2, -0.15) is 9.97 Å². The Bertz CT molecular complexity index is 568. The Morgan fingerprint density at radius 2 is 2.06 bits per heavy atom. The smallest absolute Gasteiger partial charge is 0.332 e. The predicted octanol–water partition coefficient (Wildman–Crippen LogP) is -0.938. The summed E-state index contributed by atoms with van der Waals surface area (Å²) >= 11 is 0. The molecule has 9 heteroatoms. The van der Waals surface area contributed by atoms with Crippen LogP contribution in [0, 0.1) is 0 Å².